The van der Waals surface area contributed by atoms with Crippen LogP contribution in [-0.4, -0.2) is 219 Å². The summed E-state index contributed by atoms with van der Waals surface area (Å²) in [6, 6.07) is 27.7. The van der Waals surface area contributed by atoms with E-state index in [4.69, 9.17) is 41.5 Å². The monoisotopic (exact) mass is 1760 g/mol. The smallest absolute Gasteiger partial charge is 0.294 e. The van der Waals surface area contributed by atoms with Gasteiger partial charge in [0.25, 0.3) is 10.1 Å². The number of unbranched alkanes of at least 4 members (excludes halogenated alkanes) is 1. The number of halogens is 3. The molecule has 0 spiro atoms. The second kappa shape index (κ2) is 41.6. The predicted molar refractivity (Wildman–Crippen MR) is 468 cm³/mol. The molecule has 8 heterocycles. The van der Waals surface area contributed by atoms with E-state index in [1.54, 1.807) is 71.6 Å². The van der Waals surface area contributed by atoms with Crippen LogP contribution in [0.3, 0.4) is 0 Å². The van der Waals surface area contributed by atoms with Crippen LogP contribution >= 0.6 is 80.8 Å². The maximum absolute atomic E-state index is 13.4. The molecule has 0 atom stereocenters. The number of anilines is 9. The van der Waals surface area contributed by atoms with E-state index < -0.39 is 24.4 Å². The number of hydrogen-bond acceptors (Lipinski definition) is 25. The molecule has 0 amide bonds. The van der Waals surface area contributed by atoms with E-state index in [0.29, 0.717) is 39.2 Å². The Kier molecular flexibility index (Phi) is 33.1. The maximum atomic E-state index is 13.4. The van der Waals surface area contributed by atoms with Crippen LogP contribution in [0.1, 0.15) is 76.0 Å². The number of aliphatic hydroxyl groups is 1. The fourth-order valence-corrected chi connectivity index (χ4v) is 18.2. The van der Waals surface area contributed by atoms with Crippen molar-refractivity contribution in [2.45, 2.75) is 96.0 Å². The van der Waals surface area contributed by atoms with Gasteiger partial charge >= 0.3 is 0 Å². The Hall–Kier alpha value is -6.66. The van der Waals surface area contributed by atoms with E-state index in [0.717, 1.165) is 144 Å². The minimum Gasteiger partial charge on any atom is -0.495 e. The fraction of sp³-hybridized carbons (Fsp3) is 0.443. The van der Waals surface area contributed by atoms with Crippen LogP contribution in [0, 0.1) is 6.92 Å². The summed E-state index contributed by atoms with van der Waals surface area (Å²) in [5, 5.41) is 23.7. The van der Waals surface area contributed by atoms with Gasteiger partial charge in [0.15, 0.2) is 0 Å². The summed E-state index contributed by atoms with van der Waals surface area (Å²) >= 11 is 15.6. The second-order valence-electron chi connectivity index (χ2n) is 28.7. The van der Waals surface area contributed by atoms with Crippen molar-refractivity contribution in [3.05, 3.63) is 151 Å². The van der Waals surface area contributed by atoms with Gasteiger partial charge in [-0.1, -0.05) is 57.0 Å². The molecular weight excluding hydrogens is 1650 g/mol. The van der Waals surface area contributed by atoms with Gasteiger partial charge in [-0.25, -0.2) is 18.7 Å². The van der Waals surface area contributed by atoms with Crippen LogP contribution < -0.4 is 51.6 Å². The summed E-state index contributed by atoms with van der Waals surface area (Å²) in [4.78, 5) is 32.6. The van der Waals surface area contributed by atoms with Gasteiger partial charge in [-0.3, -0.25) is 14.4 Å². The predicted octanol–water partition coefficient (Wildman–Crippen LogP) is 16.0. The molecule has 9 aromatic rings. The first-order valence-electron chi connectivity index (χ1n) is 37.4. The summed E-state index contributed by atoms with van der Waals surface area (Å²) in [5.41, 5.74) is 19.2. The van der Waals surface area contributed by atoms with E-state index in [1.165, 1.54) is 123 Å². The molecule has 7 N–H and O–H groups in total. The third kappa shape index (κ3) is 25.2. The Labute approximate surface area is 685 Å². The quantitative estimate of drug-likeness (QED) is 0.0169. The molecule has 4 aliphatic heterocycles. The number of hydrogen-bond donors (Lipinski definition) is 6. The normalized spacial score (nSPS) is 15.7. The Morgan fingerprint density at radius 2 is 1.04 bits per heavy atom. The second-order valence-corrected chi connectivity index (χ2v) is 39.8. The minimum atomic E-state index is -4.02. The summed E-state index contributed by atoms with van der Waals surface area (Å²) < 4.78 is 76.8. The van der Waals surface area contributed by atoms with Crippen LogP contribution in [0.15, 0.2) is 134 Å². The number of aryl methyl sites for hydroxylation is 3. The number of aromatic nitrogens is 6. The first kappa shape index (κ1) is 88.3. The molecule has 0 unspecified atom stereocenters. The molecule has 4 aromatic heterocycles. The number of nitrogen functional groups attached to an aromatic ring is 1. The van der Waals surface area contributed by atoms with Gasteiger partial charge in [0.05, 0.1) is 50.8 Å². The molecule has 600 valence electrons. The van der Waals surface area contributed by atoms with Crippen LogP contribution in [-0.2, 0) is 32.1 Å². The van der Waals surface area contributed by atoms with Gasteiger partial charge in [-0.2, -0.15) is 18.4 Å². The van der Waals surface area contributed by atoms with Gasteiger partial charge in [-0.05, 0) is 230 Å². The topological polar surface area (TPSA) is 286 Å². The Morgan fingerprint density at radius 3 is 1.44 bits per heavy atom. The van der Waals surface area contributed by atoms with Gasteiger partial charge in [0.1, 0.15) is 37.4 Å². The third-order valence-electron chi connectivity index (χ3n) is 20.0. The lowest BCUT2D eigenvalue weighted by molar-refractivity contribution is 0.0982. The number of likely N-dealkylation sites (N-methyl/N-ethyl adjacent to an activating group) is 2. The molecule has 32 heteroatoms. The van der Waals surface area contributed by atoms with E-state index >= 15 is 0 Å². The number of piperazine rings is 2. The number of nitrogens with two attached hydrogens (primary N) is 1. The highest BCUT2D eigenvalue weighted by Crippen LogP contribution is 2.44. The van der Waals surface area contributed by atoms with Gasteiger partial charge in [-0.15, -0.1) is 0 Å². The molecule has 4 fully saturated rings. The van der Waals surface area contributed by atoms with Gasteiger partial charge in [0, 0.05) is 178 Å². The van der Waals surface area contributed by atoms with Gasteiger partial charge in [0.2, 0.25) is 11.2 Å². The van der Waals surface area contributed by atoms with E-state index in [1.807, 2.05) is 60.3 Å². The summed E-state index contributed by atoms with van der Waals surface area (Å²) in [5.74, 6) is 3.06. The first-order valence-corrected chi connectivity index (χ1v) is 47.7. The van der Waals surface area contributed by atoms with Crippen molar-refractivity contribution >= 4 is 153 Å². The highest BCUT2D eigenvalue weighted by molar-refractivity contribution is 9.11. The standard InChI is InChI=1S/C34H44BrN8O2PS.C19H32N4O.C15H13BrClN4OPS.C7H8O3S.C4H10O/c1-6-23-17-29(31(45-3)19-30(23)43-11-9-26(10-12-43)42-15-13-41(2)14-16-42)39-34-36-21-27(35)33(40-34)38-28-8-7-24(25-20-37-47-22-25)18-32(28)46(4,5)44;1-4-15-13-17(20)19(24-3)14-18(15)23-7-5-16(6-8-23)22-11-9-21(2)10-12-22;1-23(2,22)13-5-9(10-6-19-24-8-10)3-4-12(13)20-14-11(16)7-18-15(17)21-14;1-6-2-4-7(5-3-6)11(8,9)10;1-2-3-4-5/h7-8,17-22,26H,6,9-16H2,1-5H3,(H2,36,38,39,40);13-14,16H,4-12,20H2,1-3H3;3-8H,1-2H3,(H,18,20,21);2-5H,1H3,(H,8,9,10);5H,2-4H2,1H3. The Balaban J connectivity index is 0.000000185. The number of rotatable bonds is 21. The number of nitrogens with zero attached hydrogens (tertiary/aromatic N) is 12. The number of ether oxygens (including phenoxy) is 2. The van der Waals surface area contributed by atoms with E-state index in [-0.39, 0.29) is 10.2 Å². The molecule has 4 aliphatic rings. The molecule has 24 nitrogen and oxygen atoms in total. The average Bonchev–Trinajstić information content (AvgIpc) is 1.42. The molecule has 111 heavy (non-hydrogen) atoms. The van der Waals surface area contributed by atoms with Crippen molar-refractivity contribution in [3.63, 3.8) is 0 Å². The molecule has 4 saturated heterocycles. The lowest BCUT2D eigenvalue weighted by Gasteiger charge is -2.43. The lowest BCUT2D eigenvalue weighted by Crippen LogP contribution is -2.52. The molecule has 5 aromatic carbocycles. The average molecular weight is 1760 g/mol. The molecule has 0 aliphatic carbocycles. The van der Waals surface area contributed by atoms with Crippen molar-refractivity contribution < 1.29 is 36.7 Å². The number of piperidine rings is 2. The van der Waals surface area contributed by atoms with Crippen molar-refractivity contribution in [2.75, 3.05) is 172 Å². The van der Waals surface area contributed by atoms with Gasteiger partial charge < -0.3 is 65.0 Å². The largest absolute Gasteiger partial charge is 0.495 e. The lowest BCUT2D eigenvalue weighted by atomic mass is 9.99. The fourth-order valence-electron chi connectivity index (χ4n) is 13.6. The zero-order valence-electron chi connectivity index (χ0n) is 65.6. The van der Waals surface area contributed by atoms with E-state index in [9.17, 15) is 17.5 Å². The van der Waals surface area contributed by atoms with Crippen molar-refractivity contribution in [3.8, 4) is 33.8 Å². The minimum absolute atomic E-state index is 0.0666. The number of aliphatic hydroxyl groups excluding tert-OH is 1. The summed E-state index contributed by atoms with van der Waals surface area (Å²) in [6.45, 7) is 29.5. The number of nitrogens with one attached hydrogen (secondary N) is 3. The van der Waals surface area contributed by atoms with Crippen LogP contribution in [0.5, 0.6) is 11.5 Å². The first-order chi connectivity index (χ1) is 53.0. The highest BCUT2D eigenvalue weighted by Gasteiger charge is 2.31. The van der Waals surface area contributed by atoms with Crippen molar-refractivity contribution in [2.24, 2.45) is 0 Å². The number of benzene rings is 5. The maximum Gasteiger partial charge on any atom is 0.294 e. The van der Waals surface area contributed by atoms with Crippen molar-refractivity contribution in [1.29, 1.82) is 0 Å². The summed E-state index contributed by atoms with van der Waals surface area (Å²) in [6.07, 6.45) is 15.7. The van der Waals surface area contributed by atoms with Crippen LogP contribution in [0.25, 0.3) is 22.3 Å². The Bertz CT molecular complexity index is 4690. The zero-order valence-corrected chi connectivity index (χ0v) is 73.8. The third-order valence-corrected chi connectivity index (χ3v) is 26.5. The number of methoxy groups -OCH3 is 2. The molecule has 0 saturated carbocycles. The van der Waals surface area contributed by atoms with Crippen molar-refractivity contribution in [1.82, 2.24) is 48.3 Å². The molecule has 0 radical (unpaired) electrons. The molecule has 13 rings (SSSR count). The Morgan fingerprint density at radius 1 is 0.586 bits per heavy atom. The highest BCUT2D eigenvalue weighted by atomic mass is 79.9. The SMILES string of the molecule is CCCCO.CCc1cc(N)c(OC)cc1N1CCC(N2CCN(C)CC2)CC1.CCc1cc(Nc2ncc(Br)c(Nc3ccc(-c4cnsc4)cc3P(C)(C)=O)n2)c(OC)cc1N1CCC(N2CCN(C)CC2)CC1.CP(C)(=O)c1cc(-c2cnsc2)ccc1Nc1nc(Cl)ncc1Br.Cc1ccc(S(=O)(=O)O)cc1. The van der Waals surface area contributed by atoms with E-state index in [2.05, 4.69) is 160 Å². The molecule has 0 bridgehead atoms. The summed E-state index contributed by atoms with van der Waals surface area (Å²) in [7, 11) is -1.33. The van der Waals surface area contributed by atoms with Crippen LogP contribution in [0.4, 0.5) is 51.7 Å². The van der Waals surface area contributed by atoms with Crippen LogP contribution in [0.2, 0.25) is 5.28 Å². The molecular formula is C79H107Br2ClN16O8P2S3. The zero-order chi connectivity index (χ0) is 80.2.